The number of amides is 4. The second-order valence-electron chi connectivity index (χ2n) is 22.6. The number of cyclic esters (lactones) is 1. The number of allylic oxidation sites excluding steroid dienone is 5. The first-order chi connectivity index (χ1) is 36.0. The van der Waals surface area contributed by atoms with Crippen LogP contribution in [0.15, 0.2) is 78.0 Å². The van der Waals surface area contributed by atoms with Gasteiger partial charge in [0.25, 0.3) is 5.91 Å². The third-order valence-corrected chi connectivity index (χ3v) is 16.5. The van der Waals surface area contributed by atoms with Crippen LogP contribution in [0.4, 0.5) is 0 Å². The van der Waals surface area contributed by atoms with Crippen molar-refractivity contribution in [3.63, 3.8) is 0 Å². The molecule has 418 valence electrons. The second kappa shape index (κ2) is 26.7. The molecule has 17 nitrogen and oxygen atoms in total. The first-order valence-electron chi connectivity index (χ1n) is 27.6. The van der Waals surface area contributed by atoms with Crippen molar-refractivity contribution in [1.29, 1.82) is 0 Å². The van der Waals surface area contributed by atoms with Gasteiger partial charge in [-0.25, -0.2) is 5.43 Å². The van der Waals surface area contributed by atoms with Gasteiger partial charge in [-0.1, -0.05) is 102 Å². The van der Waals surface area contributed by atoms with Gasteiger partial charge in [-0.15, -0.1) is 0 Å². The topological polar surface area (TPSA) is 253 Å². The highest BCUT2D eigenvalue weighted by molar-refractivity contribution is 5.93. The summed E-state index contributed by atoms with van der Waals surface area (Å²) in [5, 5.41) is 55.0. The minimum absolute atomic E-state index is 0.00327. The number of piperidine rings is 1. The van der Waals surface area contributed by atoms with E-state index in [0.29, 0.717) is 37.7 Å². The molecule has 0 radical (unpaired) electrons. The Bertz CT molecular complexity index is 2410. The van der Waals surface area contributed by atoms with Gasteiger partial charge in [-0.2, -0.15) is 0 Å². The van der Waals surface area contributed by atoms with Crippen LogP contribution < -0.4 is 21.4 Å². The van der Waals surface area contributed by atoms with Gasteiger partial charge in [0.2, 0.25) is 17.7 Å². The summed E-state index contributed by atoms with van der Waals surface area (Å²) in [5.74, 6) is -5.24. The predicted molar refractivity (Wildman–Crippen MR) is 287 cm³/mol. The number of carbonyl (C=O) groups is 6. The van der Waals surface area contributed by atoms with Crippen LogP contribution in [0.3, 0.4) is 0 Å². The number of phenolic OH excluding ortho intramolecular Hbond substituents is 1. The number of nitrogens with zero attached hydrogens (tertiary/aromatic N) is 1. The van der Waals surface area contributed by atoms with Crippen LogP contribution >= 0.6 is 0 Å². The van der Waals surface area contributed by atoms with Crippen LogP contribution in [-0.4, -0.2) is 116 Å². The summed E-state index contributed by atoms with van der Waals surface area (Å²) in [4.78, 5) is 82.1. The van der Waals surface area contributed by atoms with E-state index in [2.05, 4.69) is 34.4 Å². The van der Waals surface area contributed by atoms with Gasteiger partial charge in [0.1, 0.15) is 35.8 Å². The SMILES string of the molecule is CC[C@H]1C[C@@H]2CC3=C[C@@H](C)[C@H](C[C@H](O)[C@@H](C)CC/C=C/C=C(\C)[C@@H]4C/C=C/C=C/[C@H](O)[C@H](C)[C@@H](O)[C@@H](CCC(C)=O)C(=O)N[C@@H](C(C)C)C(=O)NC(c5ccc(C)c(O)c5)C(=O)N5CCCC(N5)C(=O)O4)O[C@@]32NC1=O. The molecule has 2 unspecified atom stereocenters. The van der Waals surface area contributed by atoms with Gasteiger partial charge in [0, 0.05) is 49.5 Å². The summed E-state index contributed by atoms with van der Waals surface area (Å²) in [6, 6.07) is 1.05. The van der Waals surface area contributed by atoms with Crippen molar-refractivity contribution in [3.05, 3.63) is 89.1 Å². The summed E-state index contributed by atoms with van der Waals surface area (Å²) in [6.07, 6.45) is 15.5. The monoisotopic (exact) mass is 1060 g/mol. The lowest BCUT2D eigenvalue weighted by Gasteiger charge is -2.59. The molecule has 4 aliphatic heterocycles. The molecule has 4 heterocycles. The Balaban J connectivity index is 1.19. The average molecular weight is 1060 g/mol. The van der Waals surface area contributed by atoms with Gasteiger partial charge >= 0.3 is 5.97 Å². The number of hydrogen-bond donors (Lipinski definition) is 8. The Kier molecular flexibility index (Phi) is 21.0. The van der Waals surface area contributed by atoms with E-state index in [4.69, 9.17) is 9.47 Å². The largest absolute Gasteiger partial charge is 0.508 e. The van der Waals surface area contributed by atoms with Crippen molar-refractivity contribution in [2.24, 2.45) is 41.4 Å². The predicted octanol–water partition coefficient (Wildman–Crippen LogP) is 6.16. The van der Waals surface area contributed by atoms with Crippen LogP contribution in [0.5, 0.6) is 5.75 Å². The average Bonchev–Trinajstić information content (AvgIpc) is 3.38. The number of nitrogens with one attached hydrogen (secondary N) is 4. The molecule has 5 aliphatic rings. The first-order valence-corrected chi connectivity index (χ1v) is 27.6. The molecule has 1 saturated carbocycles. The number of hydrogen-bond acceptors (Lipinski definition) is 13. The number of fused-ring (bicyclic) bond motifs is 2. The molecule has 8 N–H and O–H groups in total. The Labute approximate surface area is 449 Å². The number of carbonyl (C=O) groups excluding carboxylic acids is 6. The smallest absolute Gasteiger partial charge is 0.325 e. The van der Waals surface area contributed by atoms with E-state index in [1.54, 1.807) is 58.1 Å². The standard InChI is InChI=1S/C59H85N5O12/c1-10-40-29-43-31-42-28-37(7)50(76-59(42,43)62-54(40)70)32-48(68)34(4)18-13-11-14-19-36(6)49-22-16-12-15-21-46(66)39(9)53(69)44(26-24-38(8)65)55(71)60-51(33(2)3)56(72)61-52(41-25-23-35(5)47(67)30-41)57(73)64-27-17-20-45(63-64)58(74)75-49/h11-12,14-16,19,21,23,25,28,30,33-34,37,39-40,43-46,48-53,63,66-69H,10,13,17-18,20,22,24,26-27,29,31-32H2,1-9H3,(H,60,71)(H,61,72)(H,62,70)/b14-11+,16-12+,21-15+,36-19+/t34-,37+,39-,40-,43+,44+,45?,46-,48-,49-,50-,51-,52?,53+,59-/m0/s1. The number of aryl methyl sites for hydroxylation is 1. The Hall–Kier alpha value is -5.46. The number of aromatic hydroxyl groups is 1. The number of aliphatic hydroxyl groups excluding tert-OH is 3. The quantitative estimate of drug-likeness (QED) is 0.0592. The van der Waals surface area contributed by atoms with E-state index in [1.807, 2.05) is 39.0 Å². The molecule has 76 heavy (non-hydrogen) atoms. The number of Topliss-reactive ketones (excluding diaryl/α,β-unsaturated/α-hetero) is 1. The zero-order chi connectivity index (χ0) is 55.6. The fourth-order valence-corrected chi connectivity index (χ4v) is 11.0. The van der Waals surface area contributed by atoms with Crippen LogP contribution in [0.25, 0.3) is 0 Å². The fraction of sp³-hybridized carbons (Fsp3) is 0.627. The van der Waals surface area contributed by atoms with Crippen LogP contribution in [0.2, 0.25) is 0 Å². The van der Waals surface area contributed by atoms with Gasteiger partial charge in [-0.3, -0.25) is 29.0 Å². The fourth-order valence-electron chi connectivity index (χ4n) is 11.0. The Morgan fingerprint density at radius 2 is 1.76 bits per heavy atom. The molecule has 2 bridgehead atoms. The lowest BCUT2D eigenvalue weighted by atomic mass is 9.62. The summed E-state index contributed by atoms with van der Waals surface area (Å²) in [7, 11) is 0. The van der Waals surface area contributed by atoms with E-state index < -0.39 is 89.7 Å². The molecular formula is C59H85N5O12. The normalized spacial score (nSPS) is 33.9. The summed E-state index contributed by atoms with van der Waals surface area (Å²) in [6.45, 7) is 16.2. The minimum Gasteiger partial charge on any atom is -0.508 e. The van der Waals surface area contributed by atoms with E-state index in [-0.39, 0.29) is 78.6 Å². The highest BCUT2D eigenvalue weighted by atomic mass is 16.5. The van der Waals surface area contributed by atoms with Crippen molar-refractivity contribution in [3.8, 4) is 5.75 Å². The van der Waals surface area contributed by atoms with E-state index in [9.17, 15) is 49.2 Å². The van der Waals surface area contributed by atoms with Crippen molar-refractivity contribution in [2.45, 2.75) is 187 Å². The van der Waals surface area contributed by atoms with E-state index in [0.717, 1.165) is 30.4 Å². The van der Waals surface area contributed by atoms with Crippen LogP contribution in [0, 0.1) is 48.3 Å². The van der Waals surface area contributed by atoms with E-state index in [1.165, 1.54) is 24.1 Å². The highest BCUT2D eigenvalue weighted by Crippen LogP contribution is 2.54. The van der Waals surface area contributed by atoms with Gasteiger partial charge < -0.3 is 50.6 Å². The maximum Gasteiger partial charge on any atom is 0.325 e. The molecular weight excluding hydrogens is 971 g/mol. The molecule has 2 saturated heterocycles. The second-order valence-corrected chi connectivity index (χ2v) is 22.6. The molecule has 1 aromatic rings. The maximum absolute atomic E-state index is 14.6. The highest BCUT2D eigenvalue weighted by Gasteiger charge is 2.60. The Morgan fingerprint density at radius 3 is 2.46 bits per heavy atom. The molecule has 6 rings (SSSR count). The molecule has 15 atom stereocenters. The van der Waals surface area contributed by atoms with Crippen LogP contribution in [0.1, 0.15) is 143 Å². The zero-order valence-electron chi connectivity index (χ0n) is 46.0. The molecule has 1 aliphatic carbocycles. The summed E-state index contributed by atoms with van der Waals surface area (Å²) >= 11 is 0. The van der Waals surface area contributed by atoms with Crippen LogP contribution in [-0.2, 0) is 38.2 Å². The zero-order valence-corrected chi connectivity index (χ0v) is 46.0. The van der Waals surface area contributed by atoms with Gasteiger partial charge in [-0.05, 0) is 112 Å². The third-order valence-electron chi connectivity index (χ3n) is 16.5. The molecule has 1 spiro atoms. The lowest BCUT2D eigenvalue weighted by molar-refractivity contribution is -0.205. The summed E-state index contributed by atoms with van der Waals surface area (Å²) < 4.78 is 12.9. The first kappa shape index (κ1) is 59.8. The lowest BCUT2D eigenvalue weighted by Crippen LogP contribution is -2.70. The maximum atomic E-state index is 14.6. The Morgan fingerprint density at radius 1 is 1.01 bits per heavy atom. The number of phenols is 1. The number of aliphatic hydroxyl groups is 3. The number of rotatable bonds is 14. The van der Waals surface area contributed by atoms with Gasteiger partial charge in [0.15, 0.2) is 5.72 Å². The number of ether oxygens (including phenoxy) is 2. The molecule has 4 amide bonds. The molecule has 0 aromatic heterocycles. The minimum atomic E-state index is -1.43. The molecule has 17 heteroatoms. The summed E-state index contributed by atoms with van der Waals surface area (Å²) in [5.41, 5.74) is 4.96. The van der Waals surface area contributed by atoms with Crippen molar-refractivity contribution in [1.82, 2.24) is 26.4 Å². The molecule has 1 aromatic carbocycles. The number of esters is 1. The van der Waals surface area contributed by atoms with Crippen molar-refractivity contribution in [2.75, 3.05) is 6.54 Å². The van der Waals surface area contributed by atoms with E-state index >= 15 is 0 Å². The number of ketones is 1. The number of benzene rings is 1. The van der Waals surface area contributed by atoms with Gasteiger partial charge in [0.05, 0.1) is 30.3 Å². The molecule has 3 fully saturated rings. The van der Waals surface area contributed by atoms with Crippen molar-refractivity contribution < 1.29 is 58.7 Å². The van der Waals surface area contributed by atoms with Crippen molar-refractivity contribution >= 4 is 35.4 Å². The third kappa shape index (κ3) is 14.6. The number of hydrazine groups is 1.